The largest absolute Gasteiger partial charge is 0.492 e. The number of halogens is 1. The van der Waals surface area contributed by atoms with Crippen LogP contribution in [0.5, 0.6) is 17.2 Å². The van der Waals surface area contributed by atoms with Crippen molar-refractivity contribution in [2.24, 2.45) is 0 Å². The lowest BCUT2D eigenvalue weighted by Gasteiger charge is -2.22. The van der Waals surface area contributed by atoms with E-state index < -0.39 is 11.6 Å². The van der Waals surface area contributed by atoms with E-state index in [-0.39, 0.29) is 25.9 Å². The van der Waals surface area contributed by atoms with Gasteiger partial charge in [-0.2, -0.15) is 0 Å². The van der Waals surface area contributed by atoms with Crippen LogP contribution in [-0.2, 0) is 10.3 Å². The Bertz CT molecular complexity index is 919. The number of amides is 3. The Labute approximate surface area is 160 Å². The summed E-state index contributed by atoms with van der Waals surface area (Å²) in [4.78, 5) is 26.4. The summed E-state index contributed by atoms with van der Waals surface area (Å²) >= 11 is 5.91. The highest BCUT2D eigenvalue weighted by atomic mass is 35.5. The molecule has 1 fully saturated rings. The Morgan fingerprint density at radius 1 is 1.19 bits per heavy atom. The molecule has 1 atom stereocenters. The number of carbonyl (C=O) groups excluding carboxylic acids is 2. The van der Waals surface area contributed by atoms with E-state index >= 15 is 0 Å². The van der Waals surface area contributed by atoms with Crippen LogP contribution in [0.4, 0.5) is 4.79 Å². The maximum Gasteiger partial charge on any atom is 0.325 e. The number of hydrogen-bond donors (Lipinski definition) is 1. The van der Waals surface area contributed by atoms with Gasteiger partial charge in [0.05, 0.1) is 6.54 Å². The van der Waals surface area contributed by atoms with Gasteiger partial charge >= 0.3 is 6.03 Å². The maximum atomic E-state index is 12.9. The van der Waals surface area contributed by atoms with Crippen LogP contribution in [0, 0.1) is 0 Å². The zero-order valence-electron chi connectivity index (χ0n) is 14.5. The number of carbonyl (C=O) groups is 2. The molecule has 0 aromatic heterocycles. The average molecular weight is 389 g/mol. The van der Waals surface area contributed by atoms with Crippen molar-refractivity contribution in [2.45, 2.75) is 12.5 Å². The molecule has 2 aromatic carbocycles. The molecule has 1 saturated heterocycles. The lowest BCUT2D eigenvalue weighted by molar-refractivity contribution is -0.131. The molecule has 7 nitrogen and oxygen atoms in total. The fraction of sp³-hybridized carbons (Fsp3) is 0.263. The van der Waals surface area contributed by atoms with E-state index in [4.69, 9.17) is 25.8 Å². The van der Waals surface area contributed by atoms with Crippen LogP contribution >= 0.6 is 11.6 Å². The third kappa shape index (κ3) is 3.14. The van der Waals surface area contributed by atoms with E-state index in [9.17, 15) is 9.59 Å². The van der Waals surface area contributed by atoms with Crippen LogP contribution in [0.2, 0.25) is 5.02 Å². The summed E-state index contributed by atoms with van der Waals surface area (Å²) < 4.78 is 16.2. The van der Waals surface area contributed by atoms with Crippen molar-refractivity contribution in [1.29, 1.82) is 0 Å². The molecule has 0 spiro atoms. The zero-order chi connectivity index (χ0) is 19.0. The predicted molar refractivity (Wildman–Crippen MR) is 97.1 cm³/mol. The van der Waals surface area contributed by atoms with Crippen molar-refractivity contribution < 1.29 is 23.8 Å². The highest BCUT2D eigenvalue weighted by Gasteiger charge is 2.49. The quantitative estimate of drug-likeness (QED) is 0.797. The molecule has 1 N–H and O–H groups in total. The fourth-order valence-electron chi connectivity index (χ4n) is 3.11. The molecule has 2 aliphatic heterocycles. The Balaban J connectivity index is 1.46. The number of urea groups is 1. The predicted octanol–water partition coefficient (Wildman–Crippen LogP) is 2.91. The average Bonchev–Trinajstić information content (AvgIpc) is 3.20. The number of nitrogens with one attached hydrogen (secondary N) is 1. The molecular formula is C19H17ClN2O5. The topological polar surface area (TPSA) is 77.1 Å². The van der Waals surface area contributed by atoms with E-state index in [0.29, 0.717) is 27.8 Å². The van der Waals surface area contributed by atoms with Gasteiger partial charge in [-0.3, -0.25) is 9.69 Å². The Morgan fingerprint density at radius 3 is 2.81 bits per heavy atom. The Morgan fingerprint density at radius 2 is 2.00 bits per heavy atom. The summed E-state index contributed by atoms with van der Waals surface area (Å²) in [5, 5.41) is 3.31. The molecule has 2 heterocycles. The molecule has 1 unspecified atom stereocenters. The van der Waals surface area contributed by atoms with Crippen LogP contribution in [0.15, 0.2) is 42.5 Å². The molecule has 0 radical (unpaired) electrons. The number of hydrogen-bond acceptors (Lipinski definition) is 5. The number of ether oxygens (including phenoxy) is 3. The van der Waals surface area contributed by atoms with Gasteiger partial charge < -0.3 is 19.5 Å². The fourth-order valence-corrected chi connectivity index (χ4v) is 3.30. The van der Waals surface area contributed by atoms with Gasteiger partial charge in [-0.25, -0.2) is 4.79 Å². The highest BCUT2D eigenvalue weighted by Crippen LogP contribution is 2.37. The molecule has 0 saturated carbocycles. The first-order valence-electron chi connectivity index (χ1n) is 8.40. The number of fused-ring (bicyclic) bond motifs is 1. The Kier molecular flexibility index (Phi) is 4.31. The first-order valence-corrected chi connectivity index (χ1v) is 8.78. The highest BCUT2D eigenvalue weighted by molar-refractivity contribution is 6.30. The minimum Gasteiger partial charge on any atom is -0.492 e. The standard InChI is InChI=1S/C19H17ClN2O5/c1-19(12-5-6-15-16(9-12)27-11-26-15)17(23)22(18(24)21-19)7-8-25-14-4-2-3-13(20)10-14/h2-6,9-10H,7-8,11H2,1H3,(H,21,24). The second-order valence-corrected chi connectivity index (χ2v) is 6.82. The van der Waals surface area contributed by atoms with Gasteiger partial charge in [0, 0.05) is 5.02 Å². The molecule has 8 heteroatoms. The summed E-state index contributed by atoms with van der Waals surface area (Å²) in [6, 6.07) is 11.7. The SMILES string of the molecule is CC1(c2ccc3c(c2)OCO3)NC(=O)N(CCOc2cccc(Cl)c2)C1=O. The van der Waals surface area contributed by atoms with E-state index in [0.717, 1.165) is 4.90 Å². The monoisotopic (exact) mass is 388 g/mol. The molecule has 2 aromatic rings. The minimum atomic E-state index is -1.17. The smallest absolute Gasteiger partial charge is 0.325 e. The first kappa shape index (κ1) is 17.5. The van der Waals surface area contributed by atoms with Crippen LogP contribution in [0.3, 0.4) is 0 Å². The second-order valence-electron chi connectivity index (χ2n) is 6.39. The van der Waals surface area contributed by atoms with Crippen LogP contribution in [0.25, 0.3) is 0 Å². The van der Waals surface area contributed by atoms with E-state index in [1.165, 1.54) is 0 Å². The molecule has 0 bridgehead atoms. The van der Waals surface area contributed by atoms with Crippen molar-refractivity contribution in [3.05, 3.63) is 53.1 Å². The molecule has 27 heavy (non-hydrogen) atoms. The molecule has 2 aliphatic rings. The third-order valence-corrected chi connectivity index (χ3v) is 4.84. The van der Waals surface area contributed by atoms with E-state index in [2.05, 4.69) is 5.32 Å². The molecule has 0 aliphatic carbocycles. The van der Waals surface area contributed by atoms with Gasteiger partial charge in [0.2, 0.25) is 6.79 Å². The maximum absolute atomic E-state index is 12.9. The molecule has 4 rings (SSSR count). The van der Waals surface area contributed by atoms with Crippen molar-refractivity contribution >= 4 is 23.5 Å². The molecule has 3 amide bonds. The minimum absolute atomic E-state index is 0.122. The summed E-state index contributed by atoms with van der Waals surface area (Å²) in [5.74, 6) is 1.40. The van der Waals surface area contributed by atoms with Crippen molar-refractivity contribution in [3.8, 4) is 17.2 Å². The lowest BCUT2D eigenvalue weighted by Crippen LogP contribution is -2.41. The summed E-state index contributed by atoms with van der Waals surface area (Å²) in [7, 11) is 0. The first-order chi connectivity index (χ1) is 13.0. The summed E-state index contributed by atoms with van der Waals surface area (Å²) in [6.45, 7) is 2.10. The van der Waals surface area contributed by atoms with Crippen LogP contribution < -0.4 is 19.5 Å². The van der Waals surface area contributed by atoms with Crippen molar-refractivity contribution in [1.82, 2.24) is 10.2 Å². The van der Waals surface area contributed by atoms with Crippen LogP contribution in [0.1, 0.15) is 12.5 Å². The number of rotatable bonds is 5. The number of benzene rings is 2. The van der Waals surface area contributed by atoms with Gasteiger partial charge in [-0.15, -0.1) is 0 Å². The zero-order valence-corrected chi connectivity index (χ0v) is 15.3. The molecular weight excluding hydrogens is 372 g/mol. The van der Waals surface area contributed by atoms with Gasteiger partial charge in [0.15, 0.2) is 11.5 Å². The Hall–Kier alpha value is -2.93. The summed E-state index contributed by atoms with van der Waals surface area (Å²) in [6.07, 6.45) is 0. The normalized spacial score (nSPS) is 20.7. The van der Waals surface area contributed by atoms with Gasteiger partial charge in [-0.1, -0.05) is 23.7 Å². The second kappa shape index (κ2) is 6.66. The van der Waals surface area contributed by atoms with E-state index in [1.54, 1.807) is 49.4 Å². The van der Waals surface area contributed by atoms with Gasteiger partial charge in [0.1, 0.15) is 17.9 Å². The van der Waals surface area contributed by atoms with Gasteiger partial charge in [0.25, 0.3) is 5.91 Å². The molecule has 140 valence electrons. The third-order valence-electron chi connectivity index (χ3n) is 4.60. The van der Waals surface area contributed by atoms with Gasteiger partial charge in [-0.05, 0) is 42.8 Å². The lowest BCUT2D eigenvalue weighted by atomic mass is 9.91. The van der Waals surface area contributed by atoms with Crippen molar-refractivity contribution in [2.75, 3.05) is 19.9 Å². The summed E-state index contributed by atoms with van der Waals surface area (Å²) in [5.41, 5.74) is -0.544. The number of nitrogens with zero attached hydrogens (tertiary/aromatic N) is 1. The van der Waals surface area contributed by atoms with E-state index in [1.807, 2.05) is 0 Å². The van der Waals surface area contributed by atoms with Crippen molar-refractivity contribution in [3.63, 3.8) is 0 Å². The van der Waals surface area contributed by atoms with Crippen LogP contribution in [-0.4, -0.2) is 36.8 Å². The number of imide groups is 1.